The van der Waals surface area contributed by atoms with Crippen LogP contribution < -0.4 is 16.6 Å². The summed E-state index contributed by atoms with van der Waals surface area (Å²) in [6.07, 6.45) is 1.18. The quantitative estimate of drug-likeness (QED) is 0.457. The predicted molar refractivity (Wildman–Crippen MR) is 66.3 cm³/mol. The molecule has 0 radical (unpaired) electrons. The molecule has 1 aromatic heterocycles. The third-order valence-electron chi connectivity index (χ3n) is 2.41. The van der Waals surface area contributed by atoms with Crippen LogP contribution in [-0.2, 0) is 0 Å². The number of amides is 1. The van der Waals surface area contributed by atoms with Crippen LogP contribution in [0.2, 0.25) is 0 Å². The number of aromatic nitrogens is 1. The highest BCUT2D eigenvalue weighted by Crippen LogP contribution is 2.20. The molecule has 0 atom stereocenters. The fourth-order valence-corrected chi connectivity index (χ4v) is 1.45. The molecular weight excluding hydrogens is 273 g/mol. The summed E-state index contributed by atoms with van der Waals surface area (Å²) < 4.78 is 39.3. The Kier molecular flexibility index (Phi) is 3.85. The lowest BCUT2D eigenvalue weighted by atomic mass is 10.2. The number of benzene rings is 1. The number of halogens is 3. The summed E-state index contributed by atoms with van der Waals surface area (Å²) in [7, 11) is 0. The minimum atomic E-state index is -1.39. The zero-order chi connectivity index (χ0) is 14.7. The number of carbonyl (C=O) groups excluding carboxylic acids is 1. The summed E-state index contributed by atoms with van der Waals surface area (Å²) >= 11 is 0. The number of hydrogen-bond donors (Lipinski definition) is 3. The molecular formula is C12H9F3N4O. The number of nitrogens with zero attached hydrogens (tertiary/aromatic N) is 1. The first-order valence-corrected chi connectivity index (χ1v) is 5.40. The second kappa shape index (κ2) is 5.57. The molecule has 0 fully saturated rings. The number of hydrazine groups is 1. The Bertz CT molecular complexity index is 646. The van der Waals surface area contributed by atoms with Gasteiger partial charge in [-0.1, -0.05) is 0 Å². The summed E-state index contributed by atoms with van der Waals surface area (Å²) in [6, 6.07) is 3.84. The van der Waals surface area contributed by atoms with Gasteiger partial charge in [-0.25, -0.2) is 24.0 Å². The molecule has 0 aliphatic rings. The average Bonchev–Trinajstić information content (AvgIpc) is 2.44. The van der Waals surface area contributed by atoms with Gasteiger partial charge in [-0.05, 0) is 12.1 Å². The first-order chi connectivity index (χ1) is 9.51. The van der Waals surface area contributed by atoms with Crippen molar-refractivity contribution in [2.75, 3.05) is 10.7 Å². The van der Waals surface area contributed by atoms with Crippen molar-refractivity contribution >= 4 is 17.4 Å². The van der Waals surface area contributed by atoms with Crippen LogP contribution in [0.15, 0.2) is 30.5 Å². The third kappa shape index (κ3) is 2.86. The second-order valence-corrected chi connectivity index (χ2v) is 3.78. The zero-order valence-corrected chi connectivity index (χ0v) is 9.95. The van der Waals surface area contributed by atoms with Gasteiger partial charge in [-0.3, -0.25) is 4.79 Å². The van der Waals surface area contributed by atoms with Crippen molar-refractivity contribution in [3.05, 3.63) is 53.5 Å². The van der Waals surface area contributed by atoms with Crippen LogP contribution in [0.5, 0.6) is 0 Å². The van der Waals surface area contributed by atoms with Gasteiger partial charge in [0.05, 0.1) is 11.3 Å². The molecule has 1 amide bonds. The van der Waals surface area contributed by atoms with Crippen molar-refractivity contribution < 1.29 is 18.0 Å². The summed E-state index contributed by atoms with van der Waals surface area (Å²) in [5.74, 6) is 0.943. The van der Waals surface area contributed by atoms with Crippen LogP contribution >= 0.6 is 0 Å². The van der Waals surface area contributed by atoms with Crippen LogP contribution in [0.1, 0.15) is 10.4 Å². The lowest BCUT2D eigenvalue weighted by Gasteiger charge is -2.07. The van der Waals surface area contributed by atoms with Crippen molar-refractivity contribution in [2.24, 2.45) is 5.84 Å². The smallest absolute Gasteiger partial charge is 0.257 e. The van der Waals surface area contributed by atoms with Crippen LogP contribution in [0, 0.1) is 17.5 Å². The number of hydrogen-bond acceptors (Lipinski definition) is 4. The zero-order valence-electron chi connectivity index (χ0n) is 9.95. The summed E-state index contributed by atoms with van der Waals surface area (Å²) in [5, 5.41) is 2.06. The number of anilines is 2. The molecule has 8 heteroatoms. The van der Waals surface area contributed by atoms with E-state index in [1.807, 2.05) is 0 Å². The fraction of sp³-hybridized carbons (Fsp3) is 0. The number of pyridine rings is 1. The normalized spacial score (nSPS) is 10.2. The van der Waals surface area contributed by atoms with Crippen LogP contribution in [-0.4, -0.2) is 10.9 Å². The molecule has 2 rings (SSSR count). The topological polar surface area (TPSA) is 80.0 Å². The van der Waals surface area contributed by atoms with Gasteiger partial charge < -0.3 is 10.7 Å². The Hall–Kier alpha value is -2.61. The molecule has 1 heterocycles. The van der Waals surface area contributed by atoms with E-state index in [4.69, 9.17) is 5.84 Å². The number of carbonyl (C=O) groups is 1. The molecule has 104 valence electrons. The Morgan fingerprint density at radius 2 is 1.95 bits per heavy atom. The number of nitrogens with one attached hydrogen (secondary N) is 2. The van der Waals surface area contributed by atoms with Gasteiger partial charge in [0.1, 0.15) is 11.6 Å². The average molecular weight is 282 g/mol. The third-order valence-corrected chi connectivity index (χ3v) is 2.41. The van der Waals surface area contributed by atoms with Gasteiger partial charge in [-0.2, -0.15) is 0 Å². The van der Waals surface area contributed by atoms with Crippen LogP contribution in [0.3, 0.4) is 0 Å². The maximum absolute atomic E-state index is 13.4. The van der Waals surface area contributed by atoms with Gasteiger partial charge in [0, 0.05) is 18.3 Å². The molecule has 0 saturated heterocycles. The maximum atomic E-state index is 13.4. The standard InChI is InChI=1S/C12H9F3N4O/c13-7-3-8(14)11(15)9(4-7)18-12(20)6-1-2-10(19-16)17-5-6/h1-5H,16H2,(H,17,19)(H,18,20). The van der Waals surface area contributed by atoms with Crippen molar-refractivity contribution in [3.63, 3.8) is 0 Å². The number of nitrogens with two attached hydrogens (primary N) is 1. The molecule has 4 N–H and O–H groups in total. The molecule has 0 bridgehead atoms. The Balaban J connectivity index is 2.23. The van der Waals surface area contributed by atoms with E-state index in [1.54, 1.807) is 0 Å². The number of nitrogen functional groups attached to an aromatic ring is 1. The largest absolute Gasteiger partial charge is 0.319 e. The SMILES string of the molecule is NNc1ccc(C(=O)Nc2cc(F)cc(F)c2F)cn1. The molecule has 20 heavy (non-hydrogen) atoms. The monoisotopic (exact) mass is 282 g/mol. The van der Waals surface area contributed by atoms with E-state index in [0.717, 1.165) is 0 Å². The highest BCUT2D eigenvalue weighted by Gasteiger charge is 2.14. The van der Waals surface area contributed by atoms with Gasteiger partial charge in [0.15, 0.2) is 11.6 Å². The maximum Gasteiger partial charge on any atom is 0.257 e. The lowest BCUT2D eigenvalue weighted by molar-refractivity contribution is 0.102. The van der Waals surface area contributed by atoms with E-state index < -0.39 is 29.0 Å². The summed E-state index contributed by atoms with van der Waals surface area (Å²) in [6.45, 7) is 0. The first-order valence-electron chi connectivity index (χ1n) is 5.40. The van der Waals surface area contributed by atoms with Crippen LogP contribution in [0.25, 0.3) is 0 Å². The van der Waals surface area contributed by atoms with E-state index in [1.165, 1.54) is 18.3 Å². The van der Waals surface area contributed by atoms with E-state index >= 15 is 0 Å². The van der Waals surface area contributed by atoms with E-state index in [2.05, 4.69) is 15.7 Å². The molecule has 1 aromatic carbocycles. The van der Waals surface area contributed by atoms with E-state index in [9.17, 15) is 18.0 Å². The lowest BCUT2D eigenvalue weighted by Crippen LogP contribution is -2.15. The molecule has 5 nitrogen and oxygen atoms in total. The van der Waals surface area contributed by atoms with Gasteiger partial charge in [0.25, 0.3) is 5.91 Å². The fourth-order valence-electron chi connectivity index (χ4n) is 1.45. The van der Waals surface area contributed by atoms with E-state index in [0.29, 0.717) is 18.0 Å². The van der Waals surface area contributed by atoms with Crippen molar-refractivity contribution in [3.8, 4) is 0 Å². The van der Waals surface area contributed by atoms with Gasteiger partial charge in [0.2, 0.25) is 0 Å². The minimum Gasteiger partial charge on any atom is -0.319 e. The highest BCUT2D eigenvalue weighted by atomic mass is 19.2. The van der Waals surface area contributed by atoms with Crippen molar-refractivity contribution in [1.29, 1.82) is 0 Å². The minimum absolute atomic E-state index is 0.0769. The summed E-state index contributed by atoms with van der Waals surface area (Å²) in [4.78, 5) is 15.6. The molecule has 0 saturated carbocycles. The Morgan fingerprint density at radius 1 is 1.20 bits per heavy atom. The summed E-state index contributed by atoms with van der Waals surface area (Å²) in [5.41, 5.74) is 1.75. The van der Waals surface area contributed by atoms with Crippen molar-refractivity contribution in [1.82, 2.24) is 4.98 Å². The molecule has 0 aliphatic heterocycles. The Morgan fingerprint density at radius 3 is 2.55 bits per heavy atom. The molecule has 2 aromatic rings. The molecule has 0 aliphatic carbocycles. The van der Waals surface area contributed by atoms with E-state index in [-0.39, 0.29) is 5.56 Å². The van der Waals surface area contributed by atoms with Gasteiger partial charge >= 0.3 is 0 Å². The second-order valence-electron chi connectivity index (χ2n) is 3.78. The predicted octanol–water partition coefficient (Wildman–Crippen LogP) is 2.04. The molecule has 0 unspecified atom stereocenters. The van der Waals surface area contributed by atoms with Crippen molar-refractivity contribution in [2.45, 2.75) is 0 Å². The Labute approximate surface area is 111 Å². The highest BCUT2D eigenvalue weighted by molar-refractivity contribution is 6.04. The van der Waals surface area contributed by atoms with Crippen LogP contribution in [0.4, 0.5) is 24.7 Å². The first kappa shape index (κ1) is 13.8. The number of rotatable bonds is 3. The van der Waals surface area contributed by atoms with Gasteiger partial charge in [-0.15, -0.1) is 0 Å². The molecule has 0 spiro atoms.